The van der Waals surface area contributed by atoms with Crippen LogP contribution >= 0.6 is 0 Å². The van der Waals surface area contributed by atoms with E-state index in [-0.39, 0.29) is 24.3 Å². The molecule has 5 nitrogen and oxygen atoms in total. The van der Waals surface area contributed by atoms with E-state index in [1.807, 2.05) is 26.0 Å². The Kier molecular flexibility index (Phi) is 5.39. The second-order valence-corrected chi connectivity index (χ2v) is 6.64. The van der Waals surface area contributed by atoms with E-state index in [1.54, 1.807) is 4.57 Å². The molecule has 1 N–H and O–H groups in total. The maximum absolute atomic E-state index is 13.5. The molecule has 2 atom stereocenters. The monoisotopic (exact) mass is 373 g/mol. The fourth-order valence-electron chi connectivity index (χ4n) is 2.98. The van der Waals surface area contributed by atoms with Crippen molar-refractivity contribution in [2.75, 3.05) is 12.4 Å². The van der Waals surface area contributed by atoms with Gasteiger partial charge in [-0.1, -0.05) is 30.7 Å². The van der Waals surface area contributed by atoms with Gasteiger partial charge in [0, 0.05) is 6.07 Å². The van der Waals surface area contributed by atoms with Crippen LogP contribution in [-0.2, 0) is 6.54 Å². The molecule has 27 heavy (non-hydrogen) atoms. The molecule has 0 saturated heterocycles. The molecule has 0 aliphatic heterocycles. The van der Waals surface area contributed by atoms with E-state index in [4.69, 9.17) is 4.74 Å². The Morgan fingerprint density at radius 3 is 2.63 bits per heavy atom. The number of ether oxygens (including phenoxy) is 1. The van der Waals surface area contributed by atoms with Crippen LogP contribution in [0, 0.1) is 17.6 Å². The van der Waals surface area contributed by atoms with Crippen LogP contribution in [0.4, 0.5) is 14.7 Å². The highest BCUT2D eigenvalue weighted by Crippen LogP contribution is 2.21. The third kappa shape index (κ3) is 4.42. The van der Waals surface area contributed by atoms with E-state index in [9.17, 15) is 13.6 Å². The fraction of sp³-hybridized carbons (Fsp3) is 0.300. The van der Waals surface area contributed by atoms with Crippen molar-refractivity contribution in [1.29, 1.82) is 0 Å². The zero-order chi connectivity index (χ0) is 19.6. The summed E-state index contributed by atoms with van der Waals surface area (Å²) in [6.45, 7) is 4.16. The number of aromatic nitrogens is 2. The van der Waals surface area contributed by atoms with Gasteiger partial charge >= 0.3 is 5.56 Å². The molecule has 2 unspecified atom stereocenters. The smallest absolute Gasteiger partial charge is 0.316 e. The largest absolute Gasteiger partial charge is 0.490 e. The molecule has 0 spiro atoms. The molecule has 3 rings (SSSR count). The molecule has 1 aromatic carbocycles. The lowest BCUT2D eigenvalue weighted by molar-refractivity contribution is 0.402. The van der Waals surface area contributed by atoms with Crippen molar-refractivity contribution < 1.29 is 13.5 Å². The maximum atomic E-state index is 13.5. The van der Waals surface area contributed by atoms with Gasteiger partial charge in [0.25, 0.3) is 0 Å². The van der Waals surface area contributed by atoms with Gasteiger partial charge in [-0.3, -0.25) is 4.79 Å². The predicted molar refractivity (Wildman–Crippen MR) is 100.0 cm³/mol. The highest BCUT2D eigenvalue weighted by molar-refractivity contribution is 5.38. The normalized spacial score (nSPS) is 18.9. The summed E-state index contributed by atoms with van der Waals surface area (Å²) in [5.41, 5.74) is 0.993. The van der Waals surface area contributed by atoms with Crippen molar-refractivity contribution >= 4 is 5.95 Å². The number of rotatable bonds is 5. The summed E-state index contributed by atoms with van der Waals surface area (Å²) in [4.78, 5) is 16.2. The lowest BCUT2D eigenvalue weighted by atomic mass is 9.94. The molecule has 1 heterocycles. The Balaban J connectivity index is 1.98. The minimum atomic E-state index is -0.662. The topological polar surface area (TPSA) is 56.1 Å². The maximum Gasteiger partial charge on any atom is 0.316 e. The van der Waals surface area contributed by atoms with E-state index in [1.165, 1.54) is 25.4 Å². The van der Waals surface area contributed by atoms with Crippen molar-refractivity contribution in [2.24, 2.45) is 5.92 Å². The Hall–Kier alpha value is -2.96. The summed E-state index contributed by atoms with van der Waals surface area (Å²) in [5, 5.41) is 3.25. The van der Waals surface area contributed by atoms with Gasteiger partial charge in [0.1, 0.15) is 11.6 Å². The highest BCUT2D eigenvalue weighted by Gasteiger charge is 2.19. The van der Waals surface area contributed by atoms with Crippen LogP contribution in [0.1, 0.15) is 19.4 Å². The number of hydrogen-bond acceptors (Lipinski definition) is 4. The first-order valence-corrected chi connectivity index (χ1v) is 8.59. The Labute approximate surface area is 156 Å². The third-order valence-corrected chi connectivity index (χ3v) is 4.43. The number of anilines is 1. The zero-order valence-electron chi connectivity index (χ0n) is 15.4. The van der Waals surface area contributed by atoms with Crippen molar-refractivity contribution in [3.8, 4) is 5.75 Å². The minimum Gasteiger partial charge on any atom is -0.490 e. The molecule has 2 aromatic rings. The first kappa shape index (κ1) is 18.8. The van der Waals surface area contributed by atoms with E-state index in [0.717, 1.165) is 11.6 Å². The average molecular weight is 373 g/mol. The van der Waals surface area contributed by atoms with E-state index in [2.05, 4.69) is 16.4 Å². The van der Waals surface area contributed by atoms with Crippen LogP contribution < -0.4 is 15.6 Å². The summed E-state index contributed by atoms with van der Waals surface area (Å²) < 4.78 is 33.7. The van der Waals surface area contributed by atoms with Gasteiger partial charge in [-0.25, -0.2) is 8.78 Å². The Bertz CT molecular complexity index is 946. The number of halogens is 2. The van der Waals surface area contributed by atoms with E-state index < -0.39 is 17.2 Å². The number of hydrogen-bond donors (Lipinski definition) is 1. The molecule has 1 aliphatic carbocycles. The number of benzene rings is 1. The second kappa shape index (κ2) is 7.73. The molecular formula is C20H21F2N3O2. The predicted octanol–water partition coefficient (Wildman–Crippen LogP) is 3.51. The SMILES string of the molecule is COc1cn(Cc2cc(F)cc(F)c2)c(NC2C=C(C)C=CC2C)nc1=O. The van der Waals surface area contributed by atoms with Crippen LogP contribution in [0.15, 0.2) is 53.0 Å². The van der Waals surface area contributed by atoms with Gasteiger partial charge in [-0.15, -0.1) is 0 Å². The molecule has 0 fully saturated rings. The van der Waals surface area contributed by atoms with Crippen molar-refractivity contribution in [2.45, 2.75) is 26.4 Å². The van der Waals surface area contributed by atoms with Gasteiger partial charge in [-0.2, -0.15) is 4.98 Å². The highest BCUT2D eigenvalue weighted by atomic mass is 19.1. The van der Waals surface area contributed by atoms with E-state index >= 15 is 0 Å². The summed E-state index contributed by atoms with van der Waals surface area (Å²) in [6.07, 6.45) is 7.64. The van der Waals surface area contributed by atoms with Gasteiger partial charge in [-0.05, 0) is 30.5 Å². The first-order valence-electron chi connectivity index (χ1n) is 8.59. The van der Waals surface area contributed by atoms with Crippen molar-refractivity contribution in [3.63, 3.8) is 0 Å². The molecular weight excluding hydrogens is 352 g/mol. The molecule has 1 aliphatic rings. The summed E-state index contributed by atoms with van der Waals surface area (Å²) in [5.74, 6) is -0.773. The third-order valence-electron chi connectivity index (χ3n) is 4.43. The van der Waals surface area contributed by atoms with Crippen LogP contribution in [0.5, 0.6) is 5.75 Å². The zero-order valence-corrected chi connectivity index (χ0v) is 15.4. The first-order chi connectivity index (χ1) is 12.9. The van der Waals surface area contributed by atoms with Crippen LogP contribution in [-0.4, -0.2) is 22.7 Å². The number of allylic oxidation sites excluding steroid dienone is 2. The standard InChI is InChI=1S/C20H21F2N3O2/c1-12-4-5-13(2)17(6-12)23-20-24-19(26)18(27-3)11-25(20)10-14-7-15(21)9-16(22)8-14/h4-9,11,13,17H,10H2,1-3H3,(H,23,24,26). The van der Waals surface area contributed by atoms with Gasteiger partial charge < -0.3 is 14.6 Å². The molecule has 1 aromatic heterocycles. The number of methoxy groups -OCH3 is 1. The minimum absolute atomic E-state index is 0.0562. The fourth-order valence-corrected chi connectivity index (χ4v) is 2.98. The molecule has 142 valence electrons. The molecule has 7 heteroatoms. The molecule has 0 amide bonds. The molecule has 0 saturated carbocycles. The van der Waals surface area contributed by atoms with Crippen LogP contribution in [0.2, 0.25) is 0 Å². The van der Waals surface area contributed by atoms with Gasteiger partial charge in [0.15, 0.2) is 0 Å². The Morgan fingerprint density at radius 1 is 1.26 bits per heavy atom. The van der Waals surface area contributed by atoms with E-state index in [0.29, 0.717) is 11.5 Å². The molecule has 0 radical (unpaired) electrons. The van der Waals surface area contributed by atoms with Crippen molar-refractivity contribution in [3.05, 3.63) is 75.7 Å². The van der Waals surface area contributed by atoms with Crippen LogP contribution in [0.3, 0.4) is 0 Å². The van der Waals surface area contributed by atoms with Crippen molar-refractivity contribution in [1.82, 2.24) is 9.55 Å². The lowest BCUT2D eigenvalue weighted by Crippen LogP contribution is -2.30. The number of nitrogens with zero attached hydrogens (tertiary/aromatic N) is 2. The second-order valence-electron chi connectivity index (χ2n) is 6.64. The summed E-state index contributed by atoms with van der Waals surface area (Å²) >= 11 is 0. The van der Waals surface area contributed by atoms with Gasteiger partial charge in [0.2, 0.25) is 11.7 Å². The van der Waals surface area contributed by atoms with Crippen LogP contribution in [0.25, 0.3) is 0 Å². The average Bonchev–Trinajstić information content (AvgIpc) is 2.59. The summed E-state index contributed by atoms with van der Waals surface area (Å²) in [7, 11) is 1.37. The Morgan fingerprint density at radius 2 is 1.96 bits per heavy atom. The lowest BCUT2D eigenvalue weighted by Gasteiger charge is -2.25. The number of nitrogens with one attached hydrogen (secondary N) is 1. The molecule has 0 bridgehead atoms. The van der Waals surface area contributed by atoms with Gasteiger partial charge in [0.05, 0.1) is 25.9 Å². The summed E-state index contributed by atoms with van der Waals surface area (Å²) in [6, 6.07) is 3.24. The quantitative estimate of drug-likeness (QED) is 0.871.